The van der Waals surface area contributed by atoms with Crippen LogP contribution in [0.15, 0.2) is 12.1 Å². The highest BCUT2D eigenvalue weighted by Gasteiger charge is 2.33. The van der Waals surface area contributed by atoms with Gasteiger partial charge >= 0.3 is 5.97 Å². The average molecular weight is 290 g/mol. The van der Waals surface area contributed by atoms with Crippen LogP contribution in [0, 0.1) is 18.8 Å². The summed E-state index contributed by atoms with van der Waals surface area (Å²) in [6.07, 6.45) is 1.12. The summed E-state index contributed by atoms with van der Waals surface area (Å²) in [4.78, 5) is 29.7. The quantitative estimate of drug-likeness (QED) is 0.909. The summed E-state index contributed by atoms with van der Waals surface area (Å²) in [5.74, 6) is -0.204. The average Bonchev–Trinajstić information content (AvgIpc) is 2.41. The zero-order valence-electron chi connectivity index (χ0n) is 13.0. The van der Waals surface area contributed by atoms with Crippen LogP contribution in [0.1, 0.15) is 53.7 Å². The molecule has 114 valence electrons. The Kier molecular flexibility index (Phi) is 4.30. The van der Waals surface area contributed by atoms with Crippen molar-refractivity contribution in [1.82, 2.24) is 9.88 Å². The molecule has 5 nitrogen and oxygen atoms in total. The molecule has 1 N–H and O–H groups in total. The van der Waals surface area contributed by atoms with Gasteiger partial charge in [0.15, 0.2) is 0 Å². The first-order valence-electron chi connectivity index (χ1n) is 7.33. The van der Waals surface area contributed by atoms with E-state index in [0.29, 0.717) is 23.2 Å². The second-order valence-corrected chi connectivity index (χ2v) is 6.15. The molecule has 1 aromatic heterocycles. The number of hydrogen-bond donors (Lipinski definition) is 1. The Bertz CT molecular complexity index is 571. The highest BCUT2D eigenvalue weighted by atomic mass is 16.4. The molecule has 0 aliphatic carbocycles. The number of carbonyl (C=O) groups is 2. The van der Waals surface area contributed by atoms with Crippen molar-refractivity contribution in [1.29, 1.82) is 0 Å². The standard InChI is InChI=1S/C16H22N2O3/c1-9-7-10(2)12(4)18(8-9)15(19)14-6-5-13(16(20)21)11(3)17-14/h5-6,9-10,12H,7-8H2,1-4H3,(H,20,21). The Morgan fingerprint density at radius 2 is 1.95 bits per heavy atom. The first kappa shape index (κ1) is 15.5. The van der Waals surface area contributed by atoms with Gasteiger partial charge in [-0.25, -0.2) is 9.78 Å². The van der Waals surface area contributed by atoms with Crippen molar-refractivity contribution in [3.63, 3.8) is 0 Å². The number of piperidine rings is 1. The molecule has 0 radical (unpaired) electrons. The van der Waals surface area contributed by atoms with E-state index >= 15 is 0 Å². The zero-order valence-corrected chi connectivity index (χ0v) is 13.0. The van der Waals surface area contributed by atoms with Crippen LogP contribution < -0.4 is 0 Å². The van der Waals surface area contributed by atoms with E-state index < -0.39 is 5.97 Å². The molecule has 0 aromatic carbocycles. The third kappa shape index (κ3) is 3.06. The maximum atomic E-state index is 12.7. The third-order valence-electron chi connectivity index (χ3n) is 4.39. The van der Waals surface area contributed by atoms with Crippen LogP contribution in [0.25, 0.3) is 0 Å². The molecule has 1 aromatic rings. The predicted molar refractivity (Wildman–Crippen MR) is 79.4 cm³/mol. The van der Waals surface area contributed by atoms with Gasteiger partial charge in [-0.05, 0) is 44.2 Å². The Labute approximate surface area is 125 Å². The van der Waals surface area contributed by atoms with Crippen molar-refractivity contribution in [2.75, 3.05) is 6.54 Å². The molecule has 1 amide bonds. The number of rotatable bonds is 2. The van der Waals surface area contributed by atoms with Crippen molar-refractivity contribution >= 4 is 11.9 Å². The van der Waals surface area contributed by atoms with Gasteiger partial charge in [-0.1, -0.05) is 13.8 Å². The summed E-state index contributed by atoms with van der Waals surface area (Å²) >= 11 is 0. The second kappa shape index (κ2) is 5.84. The Hall–Kier alpha value is -1.91. The fraction of sp³-hybridized carbons (Fsp3) is 0.562. The minimum absolute atomic E-state index is 0.110. The van der Waals surface area contributed by atoms with Gasteiger partial charge in [0.1, 0.15) is 5.69 Å². The molecule has 5 heteroatoms. The van der Waals surface area contributed by atoms with Gasteiger partial charge in [0.25, 0.3) is 5.91 Å². The summed E-state index contributed by atoms with van der Waals surface area (Å²) in [7, 11) is 0. The van der Waals surface area contributed by atoms with Crippen molar-refractivity contribution in [3.8, 4) is 0 Å². The molecule has 1 saturated heterocycles. The van der Waals surface area contributed by atoms with E-state index in [2.05, 4.69) is 25.8 Å². The number of carboxylic acids is 1. The van der Waals surface area contributed by atoms with E-state index in [1.165, 1.54) is 12.1 Å². The van der Waals surface area contributed by atoms with Crippen LogP contribution in [0.5, 0.6) is 0 Å². The maximum absolute atomic E-state index is 12.7. The molecule has 21 heavy (non-hydrogen) atoms. The second-order valence-electron chi connectivity index (χ2n) is 6.15. The van der Waals surface area contributed by atoms with E-state index in [1.54, 1.807) is 6.92 Å². The lowest BCUT2D eigenvalue weighted by molar-refractivity contribution is 0.0449. The number of carbonyl (C=O) groups excluding carboxylic acids is 1. The molecule has 3 atom stereocenters. The number of aryl methyl sites for hydroxylation is 1. The number of carboxylic acid groups (broad SMARTS) is 1. The van der Waals surface area contributed by atoms with Gasteiger partial charge in [-0.15, -0.1) is 0 Å². The molecule has 3 unspecified atom stereocenters. The van der Waals surface area contributed by atoms with Crippen LogP contribution in [-0.4, -0.2) is 39.5 Å². The number of likely N-dealkylation sites (tertiary alicyclic amines) is 1. The number of hydrogen-bond acceptors (Lipinski definition) is 3. The predicted octanol–water partition coefficient (Wildman–Crippen LogP) is 2.59. The van der Waals surface area contributed by atoms with Crippen LogP contribution in [0.4, 0.5) is 0 Å². The summed E-state index contributed by atoms with van der Waals surface area (Å²) in [6.45, 7) is 8.71. The van der Waals surface area contributed by atoms with Gasteiger partial charge in [-0.2, -0.15) is 0 Å². The maximum Gasteiger partial charge on any atom is 0.337 e. The minimum atomic E-state index is -1.02. The van der Waals surface area contributed by atoms with Crippen LogP contribution in [0.3, 0.4) is 0 Å². The van der Waals surface area contributed by atoms with E-state index in [1.807, 2.05) is 4.90 Å². The van der Waals surface area contributed by atoms with Crippen molar-refractivity contribution in [2.24, 2.45) is 11.8 Å². The molecule has 1 fully saturated rings. The van der Waals surface area contributed by atoms with Crippen LogP contribution in [0.2, 0.25) is 0 Å². The van der Waals surface area contributed by atoms with Gasteiger partial charge < -0.3 is 10.0 Å². The smallest absolute Gasteiger partial charge is 0.337 e. The van der Waals surface area contributed by atoms with E-state index in [0.717, 1.165) is 13.0 Å². The topological polar surface area (TPSA) is 70.5 Å². The Balaban J connectivity index is 2.27. The largest absolute Gasteiger partial charge is 0.478 e. The lowest BCUT2D eigenvalue weighted by Crippen LogP contribution is -2.49. The summed E-state index contributed by atoms with van der Waals surface area (Å²) < 4.78 is 0. The molecular weight excluding hydrogens is 268 g/mol. The Morgan fingerprint density at radius 1 is 1.29 bits per heavy atom. The minimum Gasteiger partial charge on any atom is -0.478 e. The normalized spacial score (nSPS) is 25.7. The number of amides is 1. The first-order valence-corrected chi connectivity index (χ1v) is 7.33. The zero-order chi connectivity index (χ0) is 15.7. The molecule has 1 aliphatic heterocycles. The van der Waals surface area contributed by atoms with E-state index in [4.69, 9.17) is 5.11 Å². The summed E-state index contributed by atoms with van der Waals surface area (Å²) in [6, 6.07) is 3.14. The summed E-state index contributed by atoms with van der Waals surface area (Å²) in [5, 5.41) is 9.02. The van der Waals surface area contributed by atoms with Gasteiger partial charge in [0, 0.05) is 12.6 Å². The highest BCUT2D eigenvalue weighted by molar-refractivity contribution is 5.94. The van der Waals surface area contributed by atoms with Crippen molar-refractivity contribution in [2.45, 2.75) is 40.2 Å². The molecule has 2 rings (SSSR count). The molecule has 0 bridgehead atoms. The van der Waals surface area contributed by atoms with Gasteiger partial charge in [-0.3, -0.25) is 4.79 Å². The third-order valence-corrected chi connectivity index (χ3v) is 4.39. The molecule has 0 saturated carbocycles. The van der Waals surface area contributed by atoms with Crippen molar-refractivity contribution < 1.29 is 14.7 Å². The molecule has 0 spiro atoms. The van der Waals surface area contributed by atoms with E-state index in [9.17, 15) is 9.59 Å². The van der Waals surface area contributed by atoms with Gasteiger partial charge in [0.2, 0.25) is 0 Å². The fourth-order valence-electron chi connectivity index (χ4n) is 3.04. The van der Waals surface area contributed by atoms with Crippen molar-refractivity contribution in [3.05, 3.63) is 29.1 Å². The molecule has 1 aliphatic rings. The number of aromatic carboxylic acids is 1. The lowest BCUT2D eigenvalue weighted by Gasteiger charge is -2.41. The Morgan fingerprint density at radius 3 is 2.52 bits per heavy atom. The van der Waals surface area contributed by atoms with Crippen LogP contribution in [-0.2, 0) is 0 Å². The van der Waals surface area contributed by atoms with E-state index in [-0.39, 0.29) is 17.5 Å². The first-order chi connectivity index (χ1) is 9.81. The number of aromatic nitrogens is 1. The number of pyridine rings is 1. The molecular formula is C16H22N2O3. The highest BCUT2D eigenvalue weighted by Crippen LogP contribution is 2.28. The fourth-order valence-corrected chi connectivity index (χ4v) is 3.04. The number of nitrogens with zero attached hydrogens (tertiary/aromatic N) is 2. The monoisotopic (exact) mass is 290 g/mol. The van der Waals surface area contributed by atoms with Crippen LogP contribution >= 0.6 is 0 Å². The lowest BCUT2D eigenvalue weighted by atomic mass is 9.86. The summed E-state index contributed by atoms with van der Waals surface area (Å²) in [5.41, 5.74) is 0.838. The molecule has 2 heterocycles. The SMILES string of the molecule is Cc1nc(C(=O)N2CC(C)CC(C)C2C)ccc1C(=O)O. The van der Waals surface area contributed by atoms with Gasteiger partial charge in [0.05, 0.1) is 11.3 Å².